The van der Waals surface area contributed by atoms with Gasteiger partial charge in [-0.25, -0.2) is 13.6 Å². The number of hydrogen-bond donors (Lipinski definition) is 1. The van der Waals surface area contributed by atoms with E-state index < -0.39 is 23.0 Å². The van der Waals surface area contributed by atoms with Gasteiger partial charge in [-0.05, 0) is 42.6 Å². The number of halogens is 2. The first kappa shape index (κ1) is 18.4. The Balaban J connectivity index is 1.75. The first-order valence-electron chi connectivity index (χ1n) is 9.06. The highest BCUT2D eigenvalue weighted by Crippen LogP contribution is 2.30. The number of piperazine rings is 1. The van der Waals surface area contributed by atoms with Gasteiger partial charge in [-0.1, -0.05) is 6.07 Å². The second-order valence-corrected chi connectivity index (χ2v) is 6.94. The summed E-state index contributed by atoms with van der Waals surface area (Å²) in [5.41, 5.74) is 0.534. The maximum absolute atomic E-state index is 14.0. The SMILES string of the molecule is COc1c(F)cc(-c2cc3ccc(N4CCN[C@@H](C)C4)cc3c(=O)o2)cc1F. The maximum atomic E-state index is 14.0. The molecule has 0 spiro atoms. The second kappa shape index (κ2) is 7.24. The van der Waals surface area contributed by atoms with Crippen LogP contribution in [0.15, 0.2) is 45.6 Å². The smallest absolute Gasteiger partial charge is 0.344 e. The third-order valence-electron chi connectivity index (χ3n) is 4.97. The van der Waals surface area contributed by atoms with E-state index in [1.165, 1.54) is 7.11 Å². The summed E-state index contributed by atoms with van der Waals surface area (Å²) in [5, 5.41) is 4.46. The molecule has 146 valence electrons. The molecule has 5 nitrogen and oxygen atoms in total. The van der Waals surface area contributed by atoms with Crippen molar-refractivity contribution in [3.63, 3.8) is 0 Å². The van der Waals surface area contributed by atoms with Crippen molar-refractivity contribution >= 4 is 16.5 Å². The predicted octanol–water partition coefficient (Wildman–Crippen LogP) is 3.54. The molecule has 1 atom stereocenters. The van der Waals surface area contributed by atoms with Gasteiger partial charge in [0, 0.05) is 36.9 Å². The number of benzene rings is 2. The molecule has 2 heterocycles. The van der Waals surface area contributed by atoms with Crippen LogP contribution in [-0.4, -0.2) is 32.8 Å². The van der Waals surface area contributed by atoms with E-state index in [1.54, 1.807) is 12.1 Å². The standard InChI is InChI=1S/C21H20F2N2O3/c1-12-11-25(6-5-24-12)15-4-3-13-9-19(28-21(26)16(13)10-15)14-7-17(22)20(27-2)18(23)8-14/h3-4,7-10,12,24H,5-6,11H2,1-2H3/t12-/m0/s1. The van der Waals surface area contributed by atoms with Gasteiger partial charge >= 0.3 is 5.63 Å². The molecule has 1 aromatic heterocycles. The number of nitrogens with zero attached hydrogens (tertiary/aromatic N) is 1. The fourth-order valence-corrected chi connectivity index (χ4v) is 3.58. The number of rotatable bonds is 3. The van der Waals surface area contributed by atoms with Crippen molar-refractivity contribution in [1.82, 2.24) is 5.32 Å². The highest BCUT2D eigenvalue weighted by atomic mass is 19.1. The fraction of sp³-hybridized carbons (Fsp3) is 0.286. The molecule has 0 radical (unpaired) electrons. The molecule has 0 unspecified atom stereocenters. The lowest BCUT2D eigenvalue weighted by molar-refractivity contribution is 0.360. The number of anilines is 1. The van der Waals surface area contributed by atoms with Crippen LogP contribution in [0.25, 0.3) is 22.1 Å². The molecule has 1 N–H and O–H groups in total. The molecule has 2 aromatic carbocycles. The number of hydrogen-bond acceptors (Lipinski definition) is 5. The summed E-state index contributed by atoms with van der Waals surface area (Å²) in [5.74, 6) is -2.09. The van der Waals surface area contributed by atoms with Gasteiger partial charge in [-0.15, -0.1) is 0 Å². The van der Waals surface area contributed by atoms with Crippen molar-refractivity contribution in [3.8, 4) is 17.1 Å². The van der Waals surface area contributed by atoms with Crippen molar-refractivity contribution in [1.29, 1.82) is 0 Å². The molecular weight excluding hydrogens is 366 g/mol. The zero-order chi connectivity index (χ0) is 19.8. The van der Waals surface area contributed by atoms with Gasteiger partial charge in [-0.2, -0.15) is 0 Å². The van der Waals surface area contributed by atoms with E-state index >= 15 is 0 Å². The van der Waals surface area contributed by atoms with E-state index in [-0.39, 0.29) is 11.3 Å². The summed E-state index contributed by atoms with van der Waals surface area (Å²) >= 11 is 0. The van der Waals surface area contributed by atoms with Crippen LogP contribution < -0.4 is 20.6 Å². The fourth-order valence-electron chi connectivity index (χ4n) is 3.58. The summed E-state index contributed by atoms with van der Waals surface area (Å²) in [6, 6.07) is 9.72. The minimum atomic E-state index is -0.858. The number of methoxy groups -OCH3 is 1. The average Bonchev–Trinajstić information content (AvgIpc) is 2.67. The molecule has 0 bridgehead atoms. The van der Waals surface area contributed by atoms with E-state index in [4.69, 9.17) is 4.42 Å². The quantitative estimate of drug-likeness (QED) is 0.746. The van der Waals surface area contributed by atoms with Crippen molar-refractivity contribution in [2.45, 2.75) is 13.0 Å². The van der Waals surface area contributed by atoms with Crippen LogP contribution in [0.5, 0.6) is 5.75 Å². The maximum Gasteiger partial charge on any atom is 0.344 e. The van der Waals surface area contributed by atoms with Crippen LogP contribution in [0.1, 0.15) is 6.92 Å². The lowest BCUT2D eigenvalue weighted by Gasteiger charge is -2.33. The van der Waals surface area contributed by atoms with Crippen LogP contribution >= 0.6 is 0 Å². The number of ether oxygens (including phenoxy) is 1. The van der Waals surface area contributed by atoms with Crippen LogP contribution in [0.2, 0.25) is 0 Å². The van der Waals surface area contributed by atoms with E-state index in [1.807, 2.05) is 12.1 Å². The van der Waals surface area contributed by atoms with E-state index in [0.717, 1.165) is 37.5 Å². The van der Waals surface area contributed by atoms with Gasteiger partial charge < -0.3 is 19.4 Å². The summed E-state index contributed by atoms with van der Waals surface area (Å²) < 4.78 is 38.1. The Morgan fingerprint density at radius 3 is 2.61 bits per heavy atom. The van der Waals surface area contributed by atoms with E-state index in [0.29, 0.717) is 16.8 Å². The lowest BCUT2D eigenvalue weighted by atomic mass is 10.1. The van der Waals surface area contributed by atoms with Gasteiger partial charge in [0.05, 0.1) is 12.5 Å². The molecule has 3 aromatic rings. The highest BCUT2D eigenvalue weighted by Gasteiger charge is 2.18. The first-order chi connectivity index (χ1) is 13.5. The third kappa shape index (κ3) is 3.33. The van der Waals surface area contributed by atoms with Gasteiger partial charge in [-0.3, -0.25) is 0 Å². The number of nitrogens with one attached hydrogen (secondary N) is 1. The number of fused-ring (bicyclic) bond motifs is 1. The zero-order valence-electron chi connectivity index (χ0n) is 15.6. The molecule has 1 fully saturated rings. The van der Waals surface area contributed by atoms with Crippen molar-refractivity contribution in [2.75, 3.05) is 31.6 Å². The predicted molar refractivity (Wildman–Crippen MR) is 104 cm³/mol. The molecule has 0 saturated carbocycles. The lowest BCUT2D eigenvalue weighted by Crippen LogP contribution is -2.49. The van der Waals surface area contributed by atoms with Crippen molar-refractivity contribution in [2.24, 2.45) is 0 Å². The summed E-state index contributed by atoms with van der Waals surface area (Å²) in [4.78, 5) is 14.8. The molecule has 28 heavy (non-hydrogen) atoms. The van der Waals surface area contributed by atoms with Crippen LogP contribution in [0, 0.1) is 11.6 Å². The molecule has 1 aliphatic heterocycles. The molecule has 0 amide bonds. The normalized spacial score (nSPS) is 17.1. The minimum Gasteiger partial charge on any atom is -0.491 e. The summed E-state index contributed by atoms with van der Waals surface area (Å²) in [6.07, 6.45) is 0. The molecular formula is C21H20F2N2O3. The van der Waals surface area contributed by atoms with Crippen LogP contribution in [0.4, 0.5) is 14.5 Å². The Labute approximate surface area is 160 Å². The van der Waals surface area contributed by atoms with Gasteiger partial charge in [0.1, 0.15) is 5.76 Å². The Morgan fingerprint density at radius 1 is 1.18 bits per heavy atom. The highest BCUT2D eigenvalue weighted by molar-refractivity contribution is 5.87. The molecule has 0 aliphatic carbocycles. The largest absolute Gasteiger partial charge is 0.491 e. The molecule has 1 aliphatic rings. The van der Waals surface area contributed by atoms with Crippen molar-refractivity contribution in [3.05, 3.63) is 58.5 Å². The van der Waals surface area contributed by atoms with Gasteiger partial charge in [0.2, 0.25) is 0 Å². The van der Waals surface area contributed by atoms with Crippen LogP contribution in [0.3, 0.4) is 0 Å². The molecule has 4 rings (SSSR count). The Hall–Kier alpha value is -2.93. The molecule has 7 heteroatoms. The van der Waals surface area contributed by atoms with Crippen molar-refractivity contribution < 1.29 is 17.9 Å². The Morgan fingerprint density at radius 2 is 1.93 bits per heavy atom. The van der Waals surface area contributed by atoms with Gasteiger partial charge in [0.25, 0.3) is 0 Å². The monoisotopic (exact) mass is 386 g/mol. The topological polar surface area (TPSA) is 54.7 Å². The third-order valence-corrected chi connectivity index (χ3v) is 4.97. The minimum absolute atomic E-state index is 0.0986. The summed E-state index contributed by atoms with van der Waals surface area (Å²) in [7, 11) is 1.19. The first-order valence-corrected chi connectivity index (χ1v) is 9.06. The van der Waals surface area contributed by atoms with Gasteiger partial charge in [0.15, 0.2) is 17.4 Å². The van der Waals surface area contributed by atoms with Crippen LogP contribution in [-0.2, 0) is 0 Å². The van der Waals surface area contributed by atoms with E-state index in [9.17, 15) is 13.6 Å². The Kier molecular flexibility index (Phi) is 4.77. The summed E-state index contributed by atoms with van der Waals surface area (Å²) in [6.45, 7) is 4.69. The van der Waals surface area contributed by atoms with E-state index in [2.05, 4.69) is 21.9 Å². The molecule has 1 saturated heterocycles. The Bertz CT molecular complexity index is 1070. The second-order valence-electron chi connectivity index (χ2n) is 6.94. The zero-order valence-corrected chi connectivity index (χ0v) is 15.6. The average molecular weight is 386 g/mol.